The quantitative estimate of drug-likeness (QED) is 0.833. The molecule has 21 heavy (non-hydrogen) atoms. The molecule has 1 saturated heterocycles. The minimum Gasteiger partial charge on any atom is -0.397 e. The highest BCUT2D eigenvalue weighted by atomic mass is 16.2. The predicted molar refractivity (Wildman–Crippen MR) is 81.5 cm³/mol. The van der Waals surface area contributed by atoms with Gasteiger partial charge in [0.25, 0.3) is 0 Å². The molecular weight excluding hydrogens is 266 g/mol. The van der Waals surface area contributed by atoms with Gasteiger partial charge >= 0.3 is 0 Å². The lowest BCUT2D eigenvalue weighted by molar-refractivity contribution is -0.135. The van der Waals surface area contributed by atoms with E-state index in [1.807, 2.05) is 17.0 Å². The first-order valence-corrected chi connectivity index (χ1v) is 7.59. The van der Waals surface area contributed by atoms with Crippen LogP contribution in [0, 0.1) is 11.8 Å². The molecule has 1 aliphatic carbocycles. The summed E-state index contributed by atoms with van der Waals surface area (Å²) in [5.41, 5.74) is 7.05. The van der Waals surface area contributed by atoms with Crippen molar-refractivity contribution in [2.24, 2.45) is 11.8 Å². The molecule has 0 radical (unpaired) electrons. The number of hydrogen-bond donors (Lipinski definition) is 2. The van der Waals surface area contributed by atoms with Crippen molar-refractivity contribution in [1.82, 2.24) is 4.90 Å². The second-order valence-corrected chi connectivity index (χ2v) is 5.97. The number of carbonyl (C=O) groups is 2. The highest BCUT2D eigenvalue weighted by molar-refractivity contribution is 5.95. The Morgan fingerprint density at radius 2 is 1.90 bits per heavy atom. The molecule has 0 bridgehead atoms. The molecule has 2 aliphatic rings. The van der Waals surface area contributed by atoms with Crippen LogP contribution in [-0.2, 0) is 9.59 Å². The van der Waals surface area contributed by atoms with Gasteiger partial charge in [0.15, 0.2) is 0 Å². The van der Waals surface area contributed by atoms with E-state index in [1.54, 1.807) is 12.1 Å². The van der Waals surface area contributed by atoms with Crippen LogP contribution in [0.1, 0.15) is 25.7 Å². The molecule has 2 fully saturated rings. The van der Waals surface area contributed by atoms with E-state index in [1.165, 1.54) is 0 Å². The van der Waals surface area contributed by atoms with E-state index in [0.717, 1.165) is 32.2 Å². The lowest BCUT2D eigenvalue weighted by Gasteiger charge is -2.32. The molecule has 5 heteroatoms. The Morgan fingerprint density at radius 3 is 2.62 bits per heavy atom. The average Bonchev–Trinajstić information content (AvgIpc) is 3.34. The SMILES string of the molecule is Nc1ccccc1NC(=O)C1CCCN(C(=O)C2CC2)C1. The molecule has 1 saturated carbocycles. The van der Waals surface area contributed by atoms with Crippen molar-refractivity contribution >= 4 is 23.2 Å². The van der Waals surface area contributed by atoms with Crippen LogP contribution < -0.4 is 11.1 Å². The summed E-state index contributed by atoms with van der Waals surface area (Å²) in [5.74, 6) is 0.269. The summed E-state index contributed by atoms with van der Waals surface area (Å²) in [6, 6.07) is 7.24. The maximum absolute atomic E-state index is 12.4. The third kappa shape index (κ3) is 3.17. The van der Waals surface area contributed by atoms with E-state index in [-0.39, 0.29) is 23.7 Å². The first-order valence-electron chi connectivity index (χ1n) is 7.59. The Kier molecular flexibility index (Phi) is 3.82. The van der Waals surface area contributed by atoms with Gasteiger partial charge in [0.05, 0.1) is 17.3 Å². The molecule has 0 aromatic heterocycles. The number of para-hydroxylation sites is 2. The normalized spacial score (nSPS) is 21.9. The van der Waals surface area contributed by atoms with Crippen LogP contribution >= 0.6 is 0 Å². The second-order valence-electron chi connectivity index (χ2n) is 5.97. The third-order valence-electron chi connectivity index (χ3n) is 4.25. The minimum absolute atomic E-state index is 0.0406. The summed E-state index contributed by atoms with van der Waals surface area (Å²) in [7, 11) is 0. The standard InChI is InChI=1S/C16H21N3O2/c17-13-5-1-2-6-14(13)18-15(20)12-4-3-9-19(10-12)16(21)11-7-8-11/h1-2,5-6,11-12H,3-4,7-10,17H2,(H,18,20). The van der Waals surface area contributed by atoms with Gasteiger partial charge in [-0.3, -0.25) is 9.59 Å². The Bertz CT molecular complexity index is 554. The number of piperidine rings is 1. The predicted octanol–water partition coefficient (Wildman–Crippen LogP) is 1.86. The highest BCUT2D eigenvalue weighted by Gasteiger charge is 2.36. The van der Waals surface area contributed by atoms with Gasteiger partial charge < -0.3 is 16.0 Å². The highest BCUT2D eigenvalue weighted by Crippen LogP contribution is 2.32. The molecule has 1 heterocycles. The van der Waals surface area contributed by atoms with Crippen molar-refractivity contribution in [1.29, 1.82) is 0 Å². The van der Waals surface area contributed by atoms with Gasteiger partial charge in [0, 0.05) is 19.0 Å². The lowest BCUT2D eigenvalue weighted by atomic mass is 9.96. The number of rotatable bonds is 3. The van der Waals surface area contributed by atoms with E-state index < -0.39 is 0 Å². The number of anilines is 2. The van der Waals surface area contributed by atoms with Gasteiger partial charge in [0.2, 0.25) is 11.8 Å². The summed E-state index contributed by atoms with van der Waals surface area (Å²) >= 11 is 0. The summed E-state index contributed by atoms with van der Waals surface area (Å²) in [6.45, 7) is 1.32. The van der Waals surface area contributed by atoms with Crippen LogP contribution in [0.3, 0.4) is 0 Å². The molecular formula is C16H21N3O2. The maximum Gasteiger partial charge on any atom is 0.229 e. The van der Waals surface area contributed by atoms with E-state index in [9.17, 15) is 9.59 Å². The number of likely N-dealkylation sites (tertiary alicyclic amines) is 1. The van der Waals surface area contributed by atoms with Gasteiger partial charge in [0.1, 0.15) is 0 Å². The van der Waals surface area contributed by atoms with E-state index in [2.05, 4.69) is 5.32 Å². The van der Waals surface area contributed by atoms with Crippen molar-refractivity contribution in [2.75, 3.05) is 24.1 Å². The zero-order chi connectivity index (χ0) is 14.8. The number of hydrogen-bond acceptors (Lipinski definition) is 3. The third-order valence-corrected chi connectivity index (χ3v) is 4.25. The smallest absolute Gasteiger partial charge is 0.229 e. The van der Waals surface area contributed by atoms with E-state index >= 15 is 0 Å². The molecule has 0 spiro atoms. The van der Waals surface area contributed by atoms with Crippen molar-refractivity contribution in [3.63, 3.8) is 0 Å². The topological polar surface area (TPSA) is 75.4 Å². The summed E-state index contributed by atoms with van der Waals surface area (Å²) in [5, 5.41) is 2.88. The number of carbonyl (C=O) groups excluding carboxylic acids is 2. The minimum atomic E-state index is -0.138. The lowest BCUT2D eigenvalue weighted by Crippen LogP contribution is -2.44. The molecule has 3 N–H and O–H groups in total. The molecule has 3 rings (SSSR count). The molecule has 2 amide bonds. The molecule has 1 unspecified atom stereocenters. The zero-order valence-electron chi connectivity index (χ0n) is 12.0. The second kappa shape index (κ2) is 5.76. The van der Waals surface area contributed by atoms with E-state index in [4.69, 9.17) is 5.73 Å². The fourth-order valence-electron chi connectivity index (χ4n) is 2.83. The largest absolute Gasteiger partial charge is 0.397 e. The van der Waals surface area contributed by atoms with Crippen LogP contribution in [-0.4, -0.2) is 29.8 Å². The number of nitrogens with two attached hydrogens (primary N) is 1. The number of benzene rings is 1. The Balaban J connectivity index is 1.61. The van der Waals surface area contributed by atoms with Crippen LogP contribution in [0.15, 0.2) is 24.3 Å². The fraction of sp³-hybridized carbons (Fsp3) is 0.500. The van der Waals surface area contributed by atoms with E-state index in [0.29, 0.717) is 17.9 Å². The van der Waals surface area contributed by atoms with Gasteiger partial charge in [-0.2, -0.15) is 0 Å². The van der Waals surface area contributed by atoms with Gasteiger partial charge in [-0.15, -0.1) is 0 Å². The van der Waals surface area contributed by atoms with Crippen molar-refractivity contribution in [3.05, 3.63) is 24.3 Å². The molecule has 1 aliphatic heterocycles. The first-order chi connectivity index (χ1) is 10.1. The van der Waals surface area contributed by atoms with Crippen LogP contribution in [0.25, 0.3) is 0 Å². The Hall–Kier alpha value is -2.04. The number of nitrogens with zero attached hydrogens (tertiary/aromatic N) is 1. The van der Waals surface area contributed by atoms with Gasteiger partial charge in [-0.25, -0.2) is 0 Å². The average molecular weight is 287 g/mol. The molecule has 112 valence electrons. The Labute approximate surface area is 124 Å². The summed E-state index contributed by atoms with van der Waals surface area (Å²) in [6.07, 6.45) is 3.73. The summed E-state index contributed by atoms with van der Waals surface area (Å²) in [4.78, 5) is 26.3. The number of amides is 2. The number of nitrogen functional groups attached to an aromatic ring is 1. The molecule has 5 nitrogen and oxygen atoms in total. The van der Waals surface area contributed by atoms with Gasteiger partial charge in [-0.05, 0) is 37.8 Å². The molecule has 1 atom stereocenters. The van der Waals surface area contributed by atoms with Gasteiger partial charge in [-0.1, -0.05) is 12.1 Å². The fourth-order valence-corrected chi connectivity index (χ4v) is 2.83. The monoisotopic (exact) mass is 287 g/mol. The van der Waals surface area contributed by atoms with Crippen molar-refractivity contribution in [3.8, 4) is 0 Å². The van der Waals surface area contributed by atoms with Crippen molar-refractivity contribution in [2.45, 2.75) is 25.7 Å². The zero-order valence-corrected chi connectivity index (χ0v) is 12.0. The van der Waals surface area contributed by atoms with Crippen LogP contribution in [0.2, 0.25) is 0 Å². The maximum atomic E-state index is 12.4. The van der Waals surface area contributed by atoms with Crippen molar-refractivity contribution < 1.29 is 9.59 Å². The van der Waals surface area contributed by atoms with Crippen LogP contribution in [0.4, 0.5) is 11.4 Å². The molecule has 1 aromatic carbocycles. The first kappa shape index (κ1) is 13.9. The van der Waals surface area contributed by atoms with Crippen LogP contribution in [0.5, 0.6) is 0 Å². The summed E-state index contributed by atoms with van der Waals surface area (Å²) < 4.78 is 0. The number of nitrogens with one attached hydrogen (secondary N) is 1. The molecule has 1 aromatic rings. The Morgan fingerprint density at radius 1 is 1.14 bits per heavy atom.